The second-order valence-electron chi connectivity index (χ2n) is 6.82. The van der Waals surface area contributed by atoms with Crippen LogP contribution < -0.4 is 15.5 Å². The van der Waals surface area contributed by atoms with Gasteiger partial charge in [0.05, 0.1) is 23.2 Å². The quantitative estimate of drug-likeness (QED) is 0.456. The highest BCUT2D eigenvalue weighted by molar-refractivity contribution is 7.14. The fourth-order valence-electron chi connectivity index (χ4n) is 3.27. The Bertz CT molecular complexity index is 1060. The zero-order valence-corrected chi connectivity index (χ0v) is 17.5. The van der Waals surface area contributed by atoms with Crippen LogP contribution in [0.5, 0.6) is 0 Å². The molecular weight excluding hydrogens is 424 g/mol. The Hall–Kier alpha value is -2.95. The number of aromatic nitrogens is 1. The summed E-state index contributed by atoms with van der Waals surface area (Å²) in [6, 6.07) is 9.23. The average Bonchev–Trinajstić information content (AvgIpc) is 3.39. The molecule has 4 N–H and O–H groups in total. The van der Waals surface area contributed by atoms with Crippen molar-refractivity contribution in [3.05, 3.63) is 51.7 Å². The van der Waals surface area contributed by atoms with Crippen LogP contribution in [0.1, 0.15) is 33.0 Å². The molecule has 1 aliphatic rings. The number of carboxylic acid groups (broad SMARTS) is 1. The number of rotatable bonds is 6. The van der Waals surface area contributed by atoms with Crippen molar-refractivity contribution in [1.29, 1.82) is 0 Å². The number of nitrogens with zero attached hydrogens (tertiary/aromatic N) is 2. The summed E-state index contributed by atoms with van der Waals surface area (Å²) >= 11 is 2.35. The van der Waals surface area contributed by atoms with E-state index < -0.39 is 5.97 Å². The molecule has 1 amide bonds. The molecule has 1 aromatic carbocycles. The lowest BCUT2D eigenvalue weighted by atomic mass is 10.1. The molecule has 3 aromatic rings. The van der Waals surface area contributed by atoms with Crippen molar-refractivity contribution in [3.63, 3.8) is 0 Å². The van der Waals surface area contributed by atoms with Gasteiger partial charge in [0.2, 0.25) is 0 Å². The molecule has 10 heteroatoms. The van der Waals surface area contributed by atoms with E-state index in [1.54, 1.807) is 16.8 Å². The minimum atomic E-state index is -1.01. The fourth-order valence-corrected chi connectivity index (χ4v) is 4.66. The van der Waals surface area contributed by atoms with Gasteiger partial charge in [0.15, 0.2) is 5.13 Å². The van der Waals surface area contributed by atoms with Gasteiger partial charge in [-0.1, -0.05) is 12.1 Å². The molecule has 0 unspecified atom stereocenters. The number of carboxylic acids is 1. The normalized spacial score (nSPS) is 14.5. The second-order valence-corrected chi connectivity index (χ2v) is 8.60. The monoisotopic (exact) mass is 444 g/mol. The topological polar surface area (TPSA) is 115 Å². The Morgan fingerprint density at radius 1 is 1.10 bits per heavy atom. The molecule has 156 valence electrons. The molecule has 0 saturated carbocycles. The van der Waals surface area contributed by atoms with E-state index in [-0.39, 0.29) is 22.6 Å². The van der Waals surface area contributed by atoms with Crippen LogP contribution in [0, 0.1) is 0 Å². The van der Waals surface area contributed by atoms with Crippen molar-refractivity contribution in [2.75, 3.05) is 28.6 Å². The summed E-state index contributed by atoms with van der Waals surface area (Å²) in [4.78, 5) is 30.6. The maximum absolute atomic E-state index is 12.7. The number of piperidine rings is 1. The molecule has 0 aliphatic carbocycles. The predicted molar refractivity (Wildman–Crippen MR) is 119 cm³/mol. The summed E-state index contributed by atoms with van der Waals surface area (Å²) in [5.41, 5.74) is 2.30. The third-order valence-electron chi connectivity index (χ3n) is 4.80. The first kappa shape index (κ1) is 20.3. The van der Waals surface area contributed by atoms with E-state index >= 15 is 0 Å². The number of para-hydroxylation sites is 2. The number of nitrogens with one attached hydrogen (secondary N) is 2. The number of carbonyl (C=O) groups excluding carboxylic acids is 1. The predicted octanol–water partition coefficient (Wildman–Crippen LogP) is 3.86. The molecule has 1 fully saturated rings. The molecule has 4 rings (SSSR count). The molecule has 3 heterocycles. The number of hydrogen-bond donors (Lipinski definition) is 4. The van der Waals surface area contributed by atoms with Crippen LogP contribution >= 0.6 is 22.7 Å². The zero-order valence-electron chi connectivity index (χ0n) is 15.9. The molecule has 30 heavy (non-hydrogen) atoms. The van der Waals surface area contributed by atoms with Crippen LogP contribution in [0.2, 0.25) is 0 Å². The molecular formula is C20H20N4O4S2. The maximum Gasteiger partial charge on any atom is 0.348 e. The zero-order chi connectivity index (χ0) is 21.1. The van der Waals surface area contributed by atoms with Crippen molar-refractivity contribution in [2.24, 2.45) is 0 Å². The summed E-state index contributed by atoms with van der Waals surface area (Å²) in [6.45, 7) is 1.46. The second kappa shape index (κ2) is 8.82. The molecule has 8 nitrogen and oxygen atoms in total. The highest BCUT2D eigenvalue weighted by Crippen LogP contribution is 2.30. The molecule has 0 spiro atoms. The number of anilines is 4. The van der Waals surface area contributed by atoms with Crippen molar-refractivity contribution in [1.82, 2.24) is 4.98 Å². The summed E-state index contributed by atoms with van der Waals surface area (Å²) in [5.74, 6) is -1.35. The lowest BCUT2D eigenvalue weighted by molar-refractivity contribution is 0.0703. The van der Waals surface area contributed by atoms with Gasteiger partial charge in [0.25, 0.3) is 5.91 Å². The maximum atomic E-state index is 12.7. The van der Waals surface area contributed by atoms with Gasteiger partial charge in [0, 0.05) is 18.5 Å². The Balaban J connectivity index is 1.46. The van der Waals surface area contributed by atoms with Gasteiger partial charge in [-0.2, -0.15) is 0 Å². The number of aromatic carboxylic acids is 1. The van der Waals surface area contributed by atoms with Crippen LogP contribution in [0.15, 0.2) is 41.1 Å². The number of hydrogen-bond acceptors (Lipinski definition) is 8. The minimum Gasteiger partial charge on any atom is -0.477 e. The summed E-state index contributed by atoms with van der Waals surface area (Å²) < 4.78 is 0. The SMILES string of the molecule is O=C(Nc1ccccc1N1CCC(O)CC1)c1csc(Nc2ccsc2C(=O)O)n1. The summed E-state index contributed by atoms with van der Waals surface area (Å²) in [7, 11) is 0. The van der Waals surface area contributed by atoms with E-state index in [0.717, 1.165) is 30.1 Å². The number of aliphatic hydroxyl groups is 1. The van der Waals surface area contributed by atoms with Crippen molar-refractivity contribution < 1.29 is 19.8 Å². The largest absolute Gasteiger partial charge is 0.477 e. The Kier molecular flexibility index (Phi) is 5.98. The first-order valence-electron chi connectivity index (χ1n) is 9.38. The van der Waals surface area contributed by atoms with Crippen molar-refractivity contribution in [3.8, 4) is 0 Å². The van der Waals surface area contributed by atoms with E-state index in [4.69, 9.17) is 0 Å². The van der Waals surface area contributed by atoms with Crippen LogP contribution in [0.4, 0.5) is 22.2 Å². The van der Waals surface area contributed by atoms with Crippen LogP contribution in [0.25, 0.3) is 0 Å². The van der Waals surface area contributed by atoms with Gasteiger partial charge in [0.1, 0.15) is 10.6 Å². The first-order chi connectivity index (χ1) is 14.5. The molecule has 1 saturated heterocycles. The van der Waals surface area contributed by atoms with E-state index in [1.165, 1.54) is 11.3 Å². The lowest BCUT2D eigenvalue weighted by Gasteiger charge is -2.32. The minimum absolute atomic E-state index is 0.191. The van der Waals surface area contributed by atoms with Gasteiger partial charge >= 0.3 is 5.97 Å². The van der Waals surface area contributed by atoms with Gasteiger partial charge < -0.3 is 25.7 Å². The van der Waals surface area contributed by atoms with E-state index in [1.807, 2.05) is 24.3 Å². The molecule has 0 radical (unpaired) electrons. The number of thiazole rings is 1. The number of amides is 1. The van der Waals surface area contributed by atoms with Gasteiger partial charge in [-0.3, -0.25) is 4.79 Å². The third-order valence-corrected chi connectivity index (χ3v) is 6.46. The highest BCUT2D eigenvalue weighted by atomic mass is 32.1. The first-order valence-corrected chi connectivity index (χ1v) is 11.1. The van der Waals surface area contributed by atoms with Crippen LogP contribution in [0.3, 0.4) is 0 Å². The van der Waals surface area contributed by atoms with E-state index in [0.29, 0.717) is 29.3 Å². The smallest absolute Gasteiger partial charge is 0.348 e. The number of carbonyl (C=O) groups is 2. The van der Waals surface area contributed by atoms with E-state index in [2.05, 4.69) is 20.5 Å². The molecule has 1 aliphatic heterocycles. The number of aliphatic hydroxyl groups excluding tert-OH is 1. The van der Waals surface area contributed by atoms with Crippen LogP contribution in [-0.4, -0.2) is 46.3 Å². The summed E-state index contributed by atoms with van der Waals surface area (Å²) in [6.07, 6.45) is 1.13. The fraction of sp³-hybridized carbons (Fsp3) is 0.250. The van der Waals surface area contributed by atoms with E-state index in [9.17, 15) is 19.8 Å². The van der Waals surface area contributed by atoms with Gasteiger partial charge in [-0.15, -0.1) is 22.7 Å². The number of thiophene rings is 1. The Labute approximate surface area is 180 Å². The third kappa shape index (κ3) is 4.45. The Morgan fingerprint density at radius 3 is 2.63 bits per heavy atom. The lowest BCUT2D eigenvalue weighted by Crippen LogP contribution is -2.36. The van der Waals surface area contributed by atoms with Crippen molar-refractivity contribution >= 4 is 56.7 Å². The molecule has 0 atom stereocenters. The number of benzene rings is 1. The van der Waals surface area contributed by atoms with Crippen LogP contribution in [-0.2, 0) is 0 Å². The van der Waals surface area contributed by atoms with Gasteiger partial charge in [-0.05, 0) is 36.4 Å². The highest BCUT2D eigenvalue weighted by Gasteiger charge is 2.21. The average molecular weight is 445 g/mol. The molecule has 0 bridgehead atoms. The van der Waals surface area contributed by atoms with Crippen molar-refractivity contribution in [2.45, 2.75) is 18.9 Å². The standard InChI is InChI=1S/C20H20N4O4S2/c25-12-5-8-24(9-6-12)16-4-2-1-3-13(16)21-18(26)15-11-30-20(23-15)22-14-7-10-29-17(14)19(27)28/h1-4,7,10-12,25H,5-6,8-9H2,(H,21,26)(H,22,23)(H,27,28). The Morgan fingerprint density at radius 2 is 1.87 bits per heavy atom. The summed E-state index contributed by atoms with van der Waals surface area (Å²) in [5, 5.41) is 28.6. The van der Waals surface area contributed by atoms with Gasteiger partial charge in [-0.25, -0.2) is 9.78 Å². The molecule has 2 aromatic heterocycles.